The fourth-order valence-electron chi connectivity index (χ4n) is 1.05. The Bertz CT molecular complexity index is 334. The normalized spacial score (nSPS) is 12.1. The van der Waals surface area contributed by atoms with Gasteiger partial charge in [-0.05, 0) is 0 Å². The van der Waals surface area contributed by atoms with E-state index in [1.807, 2.05) is 0 Å². The summed E-state index contributed by atoms with van der Waals surface area (Å²) in [6.07, 6.45) is -0.253. The number of benzene rings is 1. The Morgan fingerprint density at radius 3 is 2.36 bits per heavy atom. The predicted molar refractivity (Wildman–Crippen MR) is 55.8 cm³/mol. The molecule has 74 valence electrons. The number of carbonyl (C=O) groups is 2. The minimum Gasteiger partial charge on any atom is -0.481 e. The summed E-state index contributed by atoms with van der Waals surface area (Å²) in [6, 6.07) is 8.55. The second-order valence-electron chi connectivity index (χ2n) is 2.84. The van der Waals surface area contributed by atoms with Gasteiger partial charge in [0, 0.05) is 5.56 Å². The first kappa shape index (κ1) is 10.8. The highest BCUT2D eigenvalue weighted by Crippen LogP contribution is 2.10. The monoisotopic (exact) mass is 210 g/mol. The molecular weight excluding hydrogens is 200 g/mol. The summed E-state index contributed by atoms with van der Waals surface area (Å²) in [5.41, 5.74) is 0.494. The minimum atomic E-state index is -1.02. The molecule has 0 heterocycles. The third kappa shape index (κ3) is 2.88. The van der Waals surface area contributed by atoms with Crippen LogP contribution in [-0.4, -0.2) is 22.1 Å². The maximum Gasteiger partial charge on any atom is 0.304 e. The molecule has 0 bridgehead atoms. The van der Waals surface area contributed by atoms with E-state index in [1.165, 1.54) is 0 Å². The third-order valence-corrected chi connectivity index (χ3v) is 2.15. The Labute approximate surface area is 87.2 Å². The third-order valence-electron chi connectivity index (χ3n) is 1.73. The molecule has 3 nitrogen and oxygen atoms in total. The van der Waals surface area contributed by atoms with Crippen LogP contribution >= 0.6 is 12.6 Å². The lowest BCUT2D eigenvalue weighted by Gasteiger charge is -2.06. The number of hydrogen-bond acceptors (Lipinski definition) is 3. The molecule has 0 aromatic heterocycles. The Kier molecular flexibility index (Phi) is 3.71. The van der Waals surface area contributed by atoms with E-state index in [-0.39, 0.29) is 12.2 Å². The summed E-state index contributed by atoms with van der Waals surface area (Å²) in [7, 11) is 0. The topological polar surface area (TPSA) is 54.4 Å². The van der Waals surface area contributed by atoms with Crippen LogP contribution in [0.4, 0.5) is 0 Å². The summed E-state index contributed by atoms with van der Waals surface area (Å²) in [5.74, 6) is -1.27. The van der Waals surface area contributed by atoms with Gasteiger partial charge in [-0.2, -0.15) is 12.6 Å². The van der Waals surface area contributed by atoms with Crippen LogP contribution in [0.2, 0.25) is 0 Å². The van der Waals surface area contributed by atoms with Crippen LogP contribution in [0, 0.1) is 0 Å². The number of carbonyl (C=O) groups excluding carboxylic acids is 1. The first-order valence-electron chi connectivity index (χ1n) is 4.10. The van der Waals surface area contributed by atoms with Gasteiger partial charge in [0.05, 0.1) is 11.7 Å². The van der Waals surface area contributed by atoms with Crippen molar-refractivity contribution >= 4 is 24.4 Å². The van der Waals surface area contributed by atoms with E-state index in [9.17, 15) is 9.59 Å². The molecule has 0 spiro atoms. The van der Waals surface area contributed by atoms with Gasteiger partial charge in [0.1, 0.15) is 0 Å². The van der Waals surface area contributed by atoms with Crippen molar-refractivity contribution in [3.05, 3.63) is 35.9 Å². The van der Waals surface area contributed by atoms with Crippen molar-refractivity contribution in [1.82, 2.24) is 0 Å². The predicted octanol–water partition coefficient (Wildman–Crippen LogP) is 1.64. The highest BCUT2D eigenvalue weighted by atomic mass is 32.1. The van der Waals surface area contributed by atoms with Gasteiger partial charge in [0.15, 0.2) is 5.78 Å². The van der Waals surface area contributed by atoms with E-state index in [2.05, 4.69) is 12.6 Å². The van der Waals surface area contributed by atoms with E-state index < -0.39 is 11.2 Å². The molecule has 14 heavy (non-hydrogen) atoms. The van der Waals surface area contributed by atoms with Crippen molar-refractivity contribution in [1.29, 1.82) is 0 Å². The largest absolute Gasteiger partial charge is 0.481 e. The average Bonchev–Trinajstić information content (AvgIpc) is 2.17. The van der Waals surface area contributed by atoms with Gasteiger partial charge >= 0.3 is 5.97 Å². The number of ketones is 1. The summed E-state index contributed by atoms with van der Waals surface area (Å²) < 4.78 is 0. The van der Waals surface area contributed by atoms with Gasteiger partial charge in [0.25, 0.3) is 0 Å². The number of rotatable bonds is 4. The quantitative estimate of drug-likeness (QED) is 0.586. The minimum absolute atomic E-state index is 0.253. The highest BCUT2D eigenvalue weighted by Gasteiger charge is 2.18. The fourth-order valence-corrected chi connectivity index (χ4v) is 1.36. The number of hydrogen-bond donors (Lipinski definition) is 2. The number of carboxylic acid groups (broad SMARTS) is 1. The molecule has 1 atom stereocenters. The fraction of sp³-hybridized carbons (Fsp3) is 0.200. The first-order chi connectivity index (χ1) is 6.61. The van der Waals surface area contributed by atoms with Crippen LogP contribution in [0.1, 0.15) is 16.8 Å². The van der Waals surface area contributed by atoms with E-state index in [1.54, 1.807) is 30.3 Å². The molecule has 1 unspecified atom stereocenters. The van der Waals surface area contributed by atoms with Crippen LogP contribution in [0.25, 0.3) is 0 Å². The zero-order valence-electron chi connectivity index (χ0n) is 7.38. The molecular formula is C10H10O3S. The van der Waals surface area contributed by atoms with Crippen molar-refractivity contribution in [3.8, 4) is 0 Å². The molecule has 0 amide bonds. The summed E-state index contributed by atoms with van der Waals surface area (Å²) in [6.45, 7) is 0. The zero-order valence-corrected chi connectivity index (χ0v) is 8.28. The molecule has 1 N–H and O–H groups in total. The molecule has 0 aliphatic heterocycles. The Balaban J connectivity index is 2.71. The maximum absolute atomic E-state index is 11.5. The SMILES string of the molecule is O=C(O)CC(S)C(=O)c1ccccc1. The summed E-state index contributed by atoms with van der Waals surface area (Å²) in [4.78, 5) is 21.9. The number of aliphatic carboxylic acids is 1. The van der Waals surface area contributed by atoms with Crippen molar-refractivity contribution in [2.45, 2.75) is 11.7 Å². The maximum atomic E-state index is 11.5. The molecule has 4 heteroatoms. The van der Waals surface area contributed by atoms with Gasteiger partial charge in [-0.3, -0.25) is 9.59 Å². The average molecular weight is 210 g/mol. The number of carboxylic acids is 1. The Morgan fingerprint density at radius 1 is 1.29 bits per heavy atom. The first-order valence-corrected chi connectivity index (χ1v) is 4.62. The molecule has 1 aromatic carbocycles. The van der Waals surface area contributed by atoms with Crippen LogP contribution in [0.3, 0.4) is 0 Å². The number of Topliss-reactive ketones (excluding diaryl/α,β-unsaturated/α-hetero) is 1. The van der Waals surface area contributed by atoms with Gasteiger partial charge in [-0.25, -0.2) is 0 Å². The zero-order chi connectivity index (χ0) is 10.6. The van der Waals surface area contributed by atoms with Gasteiger partial charge in [0.2, 0.25) is 0 Å². The van der Waals surface area contributed by atoms with Gasteiger partial charge in [-0.1, -0.05) is 30.3 Å². The molecule has 0 saturated carbocycles. The molecule has 0 aliphatic rings. The van der Waals surface area contributed by atoms with Crippen LogP contribution in [0.15, 0.2) is 30.3 Å². The Morgan fingerprint density at radius 2 is 1.86 bits per heavy atom. The lowest BCUT2D eigenvalue weighted by atomic mass is 10.1. The van der Waals surface area contributed by atoms with Crippen molar-refractivity contribution in [2.24, 2.45) is 0 Å². The highest BCUT2D eigenvalue weighted by molar-refractivity contribution is 7.81. The van der Waals surface area contributed by atoms with E-state index in [4.69, 9.17) is 5.11 Å². The van der Waals surface area contributed by atoms with Gasteiger partial charge in [-0.15, -0.1) is 0 Å². The molecule has 1 rings (SSSR count). The molecule has 0 aliphatic carbocycles. The molecule has 0 fully saturated rings. The molecule has 0 saturated heterocycles. The van der Waals surface area contributed by atoms with E-state index in [0.717, 1.165) is 0 Å². The number of thiol groups is 1. The van der Waals surface area contributed by atoms with Crippen LogP contribution in [-0.2, 0) is 4.79 Å². The molecule has 1 aromatic rings. The summed E-state index contributed by atoms with van der Waals surface area (Å²) >= 11 is 3.95. The van der Waals surface area contributed by atoms with E-state index in [0.29, 0.717) is 5.56 Å². The van der Waals surface area contributed by atoms with Crippen molar-refractivity contribution in [3.63, 3.8) is 0 Å². The lowest BCUT2D eigenvalue weighted by Crippen LogP contribution is -2.18. The van der Waals surface area contributed by atoms with Crippen molar-refractivity contribution < 1.29 is 14.7 Å². The second kappa shape index (κ2) is 4.81. The Hall–Kier alpha value is -1.29. The molecule has 0 radical (unpaired) electrons. The van der Waals surface area contributed by atoms with Crippen molar-refractivity contribution in [2.75, 3.05) is 0 Å². The second-order valence-corrected chi connectivity index (χ2v) is 3.47. The van der Waals surface area contributed by atoms with Gasteiger partial charge < -0.3 is 5.11 Å². The smallest absolute Gasteiger partial charge is 0.304 e. The van der Waals surface area contributed by atoms with Crippen LogP contribution in [0.5, 0.6) is 0 Å². The van der Waals surface area contributed by atoms with E-state index >= 15 is 0 Å². The lowest BCUT2D eigenvalue weighted by molar-refractivity contribution is -0.136. The van der Waals surface area contributed by atoms with Crippen LogP contribution < -0.4 is 0 Å². The standard InChI is InChI=1S/C10H10O3S/c11-9(12)6-8(14)10(13)7-4-2-1-3-5-7/h1-5,8,14H,6H2,(H,11,12). The summed E-state index contributed by atoms with van der Waals surface area (Å²) in [5, 5.41) is 7.71.